The summed E-state index contributed by atoms with van der Waals surface area (Å²) >= 11 is 0. The van der Waals surface area contributed by atoms with Crippen LogP contribution in [-0.2, 0) is 0 Å². The lowest BCUT2D eigenvalue weighted by Crippen LogP contribution is -2.46. The van der Waals surface area contributed by atoms with E-state index in [1.807, 2.05) is 18.2 Å². The van der Waals surface area contributed by atoms with Crippen molar-refractivity contribution < 1.29 is 4.39 Å². The van der Waals surface area contributed by atoms with Crippen LogP contribution in [0.1, 0.15) is 0 Å². The molecule has 2 aromatic rings. The summed E-state index contributed by atoms with van der Waals surface area (Å²) in [7, 11) is 0. The van der Waals surface area contributed by atoms with E-state index in [1.165, 1.54) is 12.3 Å². The maximum absolute atomic E-state index is 12.9. The van der Waals surface area contributed by atoms with E-state index in [-0.39, 0.29) is 5.82 Å². The monoisotopic (exact) mass is 272 g/mol. The van der Waals surface area contributed by atoms with Crippen molar-refractivity contribution in [3.63, 3.8) is 0 Å². The summed E-state index contributed by atoms with van der Waals surface area (Å²) in [6.45, 7) is 3.55. The van der Waals surface area contributed by atoms with Crippen molar-refractivity contribution >= 4 is 17.2 Å². The third kappa shape index (κ3) is 2.66. The highest BCUT2D eigenvalue weighted by molar-refractivity contribution is 5.57. The van der Waals surface area contributed by atoms with Crippen molar-refractivity contribution in [1.29, 1.82) is 0 Å². The fourth-order valence-electron chi connectivity index (χ4n) is 2.47. The number of hydrogen-bond acceptors (Lipinski definition) is 4. The molecule has 1 aromatic carbocycles. The van der Waals surface area contributed by atoms with Crippen molar-refractivity contribution in [2.45, 2.75) is 0 Å². The maximum Gasteiger partial charge on any atom is 0.141 e. The number of nitrogens with zero attached hydrogens (tertiary/aromatic N) is 3. The van der Waals surface area contributed by atoms with Gasteiger partial charge in [0.15, 0.2) is 0 Å². The second-order valence-electron chi connectivity index (χ2n) is 4.90. The van der Waals surface area contributed by atoms with E-state index in [9.17, 15) is 4.39 Å². The lowest BCUT2D eigenvalue weighted by molar-refractivity contribution is 0.615. The van der Waals surface area contributed by atoms with E-state index in [0.29, 0.717) is 0 Å². The summed E-state index contributed by atoms with van der Waals surface area (Å²) < 4.78 is 12.9. The zero-order valence-electron chi connectivity index (χ0n) is 11.2. The zero-order chi connectivity index (χ0) is 13.9. The van der Waals surface area contributed by atoms with Gasteiger partial charge in [0.1, 0.15) is 11.6 Å². The van der Waals surface area contributed by atoms with Crippen LogP contribution in [0.4, 0.5) is 21.6 Å². The number of aromatic nitrogens is 1. The molecule has 0 amide bonds. The van der Waals surface area contributed by atoms with E-state index >= 15 is 0 Å². The van der Waals surface area contributed by atoms with Gasteiger partial charge in [0.05, 0.1) is 6.20 Å². The normalized spacial score (nSPS) is 15.4. The van der Waals surface area contributed by atoms with Crippen molar-refractivity contribution in [2.75, 3.05) is 41.7 Å². The molecule has 2 heterocycles. The van der Waals surface area contributed by atoms with Crippen LogP contribution >= 0.6 is 0 Å². The lowest BCUT2D eigenvalue weighted by atomic mass is 10.2. The fraction of sp³-hybridized carbons (Fsp3) is 0.267. The molecule has 1 aliphatic rings. The van der Waals surface area contributed by atoms with Gasteiger partial charge in [-0.15, -0.1) is 0 Å². The smallest absolute Gasteiger partial charge is 0.141 e. The third-order valence-electron chi connectivity index (χ3n) is 3.55. The molecule has 5 heteroatoms. The van der Waals surface area contributed by atoms with Crippen molar-refractivity contribution in [3.05, 3.63) is 48.4 Å². The zero-order valence-corrected chi connectivity index (χ0v) is 11.2. The van der Waals surface area contributed by atoms with E-state index in [4.69, 9.17) is 5.73 Å². The third-order valence-corrected chi connectivity index (χ3v) is 3.55. The molecule has 1 aliphatic heterocycles. The van der Waals surface area contributed by atoms with Gasteiger partial charge in [-0.2, -0.15) is 0 Å². The number of benzene rings is 1. The van der Waals surface area contributed by atoms with E-state index in [0.717, 1.165) is 43.4 Å². The molecule has 20 heavy (non-hydrogen) atoms. The summed E-state index contributed by atoms with van der Waals surface area (Å²) in [6, 6.07) is 11.1. The van der Waals surface area contributed by atoms with Gasteiger partial charge in [0, 0.05) is 37.6 Å². The van der Waals surface area contributed by atoms with Crippen LogP contribution in [0.2, 0.25) is 0 Å². The molecule has 0 spiro atoms. The second-order valence-corrected chi connectivity index (χ2v) is 4.90. The molecular formula is C15H17FN4. The quantitative estimate of drug-likeness (QED) is 0.851. The largest absolute Gasteiger partial charge is 0.399 e. The van der Waals surface area contributed by atoms with Crippen molar-refractivity contribution in [1.82, 2.24) is 4.98 Å². The molecule has 0 atom stereocenters. The first-order valence-corrected chi connectivity index (χ1v) is 6.69. The van der Waals surface area contributed by atoms with Crippen LogP contribution in [0, 0.1) is 5.82 Å². The van der Waals surface area contributed by atoms with E-state index in [1.54, 1.807) is 6.07 Å². The molecule has 1 saturated heterocycles. The highest BCUT2D eigenvalue weighted by Gasteiger charge is 2.18. The Hall–Kier alpha value is -2.30. The summed E-state index contributed by atoms with van der Waals surface area (Å²) in [5, 5.41) is 0. The minimum Gasteiger partial charge on any atom is -0.399 e. The van der Waals surface area contributed by atoms with Gasteiger partial charge >= 0.3 is 0 Å². The molecular weight excluding hydrogens is 255 g/mol. The van der Waals surface area contributed by atoms with Gasteiger partial charge in [-0.1, -0.05) is 6.07 Å². The van der Waals surface area contributed by atoms with Crippen LogP contribution in [0.5, 0.6) is 0 Å². The molecule has 0 saturated carbocycles. The SMILES string of the molecule is Nc1cccc(N2CCN(c3ccc(F)cn3)CC2)c1. The lowest BCUT2D eigenvalue weighted by Gasteiger charge is -2.36. The Labute approximate surface area is 117 Å². The number of halogens is 1. The minimum absolute atomic E-state index is 0.299. The summed E-state index contributed by atoms with van der Waals surface area (Å²) in [4.78, 5) is 8.60. The summed E-state index contributed by atoms with van der Waals surface area (Å²) in [6.07, 6.45) is 1.26. The topological polar surface area (TPSA) is 45.4 Å². The van der Waals surface area contributed by atoms with Crippen LogP contribution in [-0.4, -0.2) is 31.2 Å². The van der Waals surface area contributed by atoms with Crippen molar-refractivity contribution in [2.24, 2.45) is 0 Å². The second kappa shape index (κ2) is 5.36. The number of rotatable bonds is 2. The Morgan fingerprint density at radius 2 is 1.75 bits per heavy atom. The Kier molecular flexibility index (Phi) is 3.41. The first-order valence-electron chi connectivity index (χ1n) is 6.69. The Morgan fingerprint density at radius 3 is 2.40 bits per heavy atom. The van der Waals surface area contributed by atoms with Crippen LogP contribution < -0.4 is 15.5 Å². The Balaban J connectivity index is 1.66. The van der Waals surface area contributed by atoms with Gasteiger partial charge in [0.2, 0.25) is 0 Å². The average molecular weight is 272 g/mol. The predicted octanol–water partition coefficient (Wildman–Crippen LogP) is 2.13. The molecule has 4 nitrogen and oxygen atoms in total. The van der Waals surface area contributed by atoms with Crippen LogP contribution in [0.3, 0.4) is 0 Å². The van der Waals surface area contributed by atoms with E-state index < -0.39 is 0 Å². The first kappa shape index (κ1) is 12.7. The highest BCUT2D eigenvalue weighted by atomic mass is 19.1. The standard InChI is InChI=1S/C15H17FN4/c16-12-4-5-15(18-11-12)20-8-6-19(7-9-20)14-3-1-2-13(17)10-14/h1-5,10-11H,6-9,17H2. The number of nitrogens with two attached hydrogens (primary N) is 1. The molecule has 0 bridgehead atoms. The Morgan fingerprint density at radius 1 is 1.00 bits per heavy atom. The van der Waals surface area contributed by atoms with Gasteiger partial charge in [0.25, 0.3) is 0 Å². The number of nitrogen functional groups attached to an aromatic ring is 1. The molecule has 104 valence electrons. The maximum atomic E-state index is 12.9. The predicted molar refractivity (Wildman–Crippen MR) is 79.5 cm³/mol. The minimum atomic E-state index is -0.299. The molecule has 1 aromatic heterocycles. The van der Waals surface area contributed by atoms with E-state index in [2.05, 4.69) is 20.9 Å². The number of pyridine rings is 1. The highest BCUT2D eigenvalue weighted by Crippen LogP contribution is 2.21. The Bertz CT molecular complexity index is 577. The first-order chi connectivity index (χ1) is 9.72. The van der Waals surface area contributed by atoms with Gasteiger partial charge in [-0.05, 0) is 30.3 Å². The number of anilines is 3. The number of hydrogen-bond donors (Lipinski definition) is 1. The molecule has 0 aliphatic carbocycles. The molecule has 0 radical (unpaired) electrons. The van der Waals surface area contributed by atoms with Crippen LogP contribution in [0.25, 0.3) is 0 Å². The molecule has 2 N–H and O–H groups in total. The fourth-order valence-corrected chi connectivity index (χ4v) is 2.47. The molecule has 1 fully saturated rings. The summed E-state index contributed by atoms with van der Waals surface area (Å²) in [5.74, 6) is 0.533. The van der Waals surface area contributed by atoms with Gasteiger partial charge in [-0.25, -0.2) is 9.37 Å². The van der Waals surface area contributed by atoms with Crippen LogP contribution in [0.15, 0.2) is 42.6 Å². The molecule has 3 rings (SSSR count). The van der Waals surface area contributed by atoms with Gasteiger partial charge in [-0.3, -0.25) is 0 Å². The average Bonchev–Trinajstić information content (AvgIpc) is 2.48. The van der Waals surface area contributed by atoms with Gasteiger partial charge < -0.3 is 15.5 Å². The summed E-state index contributed by atoms with van der Waals surface area (Å²) in [5.41, 5.74) is 7.75. The number of piperazine rings is 1. The van der Waals surface area contributed by atoms with Crippen molar-refractivity contribution in [3.8, 4) is 0 Å². The molecule has 0 unspecified atom stereocenters.